The van der Waals surface area contributed by atoms with Crippen molar-refractivity contribution in [2.75, 3.05) is 18.4 Å². The summed E-state index contributed by atoms with van der Waals surface area (Å²) in [5.41, 5.74) is 2.77. The standard InChI is InChI=1S/C19H17N5O2/c1-12(25)21-14-6-4-5-13(11-14)18(26)23-19-22-16-8-3-2-7-15(16)17-20-9-10-24(17)19/h2-8,11H,9-10H2,1H3,(H,21,25)(H,22,23,26). The second-order valence-corrected chi connectivity index (χ2v) is 6.03. The van der Waals surface area contributed by atoms with Crippen molar-refractivity contribution in [2.45, 2.75) is 6.92 Å². The Morgan fingerprint density at radius 2 is 1.92 bits per heavy atom. The molecule has 7 nitrogen and oxygen atoms in total. The maximum atomic E-state index is 12.7. The van der Waals surface area contributed by atoms with Crippen LogP contribution in [0.2, 0.25) is 0 Å². The number of nitrogens with one attached hydrogen (secondary N) is 2. The highest BCUT2D eigenvalue weighted by Crippen LogP contribution is 2.27. The summed E-state index contributed by atoms with van der Waals surface area (Å²) in [4.78, 5) is 34.9. The molecule has 0 aromatic heterocycles. The van der Waals surface area contributed by atoms with Crippen molar-refractivity contribution in [1.82, 2.24) is 10.2 Å². The number of carbonyl (C=O) groups is 2. The molecule has 2 aliphatic rings. The van der Waals surface area contributed by atoms with Crippen LogP contribution < -0.4 is 10.6 Å². The molecule has 2 heterocycles. The van der Waals surface area contributed by atoms with Crippen LogP contribution in [0.25, 0.3) is 0 Å². The minimum atomic E-state index is -0.290. The molecular formula is C19H17N5O2. The van der Waals surface area contributed by atoms with Crippen LogP contribution in [-0.2, 0) is 4.79 Å². The maximum absolute atomic E-state index is 12.7. The van der Waals surface area contributed by atoms with E-state index in [4.69, 9.17) is 0 Å². The van der Waals surface area contributed by atoms with Gasteiger partial charge in [0, 0.05) is 30.3 Å². The predicted molar refractivity (Wildman–Crippen MR) is 99.9 cm³/mol. The van der Waals surface area contributed by atoms with Gasteiger partial charge in [-0.25, -0.2) is 4.99 Å². The van der Waals surface area contributed by atoms with E-state index >= 15 is 0 Å². The number of amidine groups is 1. The summed E-state index contributed by atoms with van der Waals surface area (Å²) in [6, 6.07) is 14.5. The van der Waals surface area contributed by atoms with Crippen molar-refractivity contribution in [3.63, 3.8) is 0 Å². The Bertz CT molecular complexity index is 964. The quantitative estimate of drug-likeness (QED) is 0.873. The van der Waals surface area contributed by atoms with Gasteiger partial charge in [0.1, 0.15) is 5.84 Å². The average Bonchev–Trinajstić information content (AvgIpc) is 3.12. The molecule has 0 unspecified atom stereocenters. The summed E-state index contributed by atoms with van der Waals surface area (Å²) in [7, 11) is 0. The molecule has 2 aromatic rings. The van der Waals surface area contributed by atoms with Crippen molar-refractivity contribution in [2.24, 2.45) is 9.98 Å². The van der Waals surface area contributed by atoms with E-state index in [-0.39, 0.29) is 11.8 Å². The third kappa shape index (κ3) is 2.95. The van der Waals surface area contributed by atoms with Gasteiger partial charge in [0.25, 0.3) is 5.91 Å². The fraction of sp³-hybridized carbons (Fsp3) is 0.158. The third-order valence-corrected chi connectivity index (χ3v) is 4.14. The van der Waals surface area contributed by atoms with Crippen molar-refractivity contribution in [3.05, 3.63) is 59.7 Å². The van der Waals surface area contributed by atoms with Crippen LogP contribution in [0.3, 0.4) is 0 Å². The lowest BCUT2D eigenvalue weighted by Crippen LogP contribution is -2.47. The van der Waals surface area contributed by atoms with Crippen LogP contribution in [0, 0.1) is 0 Å². The SMILES string of the molecule is CC(=O)Nc1cccc(C(=O)NC2=Nc3ccccc3C3=NCCN23)c1. The first-order chi connectivity index (χ1) is 12.6. The lowest BCUT2D eigenvalue weighted by Gasteiger charge is -2.27. The summed E-state index contributed by atoms with van der Waals surface area (Å²) in [6.07, 6.45) is 0. The summed E-state index contributed by atoms with van der Waals surface area (Å²) < 4.78 is 0. The van der Waals surface area contributed by atoms with Crippen molar-refractivity contribution in [3.8, 4) is 0 Å². The van der Waals surface area contributed by atoms with Crippen LogP contribution in [0.15, 0.2) is 58.5 Å². The van der Waals surface area contributed by atoms with Gasteiger partial charge in [-0.2, -0.15) is 0 Å². The highest BCUT2D eigenvalue weighted by atomic mass is 16.2. The van der Waals surface area contributed by atoms with Crippen molar-refractivity contribution >= 4 is 35.0 Å². The van der Waals surface area contributed by atoms with E-state index in [1.165, 1.54) is 6.92 Å². The van der Waals surface area contributed by atoms with Gasteiger partial charge in [-0.3, -0.25) is 24.8 Å². The van der Waals surface area contributed by atoms with Gasteiger partial charge >= 0.3 is 0 Å². The zero-order valence-corrected chi connectivity index (χ0v) is 14.2. The van der Waals surface area contributed by atoms with Gasteiger partial charge in [0.15, 0.2) is 0 Å². The first kappa shape index (κ1) is 16.0. The Morgan fingerprint density at radius 3 is 2.77 bits per heavy atom. The number of fused-ring (bicyclic) bond motifs is 3. The van der Waals surface area contributed by atoms with E-state index in [2.05, 4.69) is 20.6 Å². The number of nitrogens with zero attached hydrogens (tertiary/aromatic N) is 3. The van der Waals surface area contributed by atoms with Crippen LogP contribution in [0.5, 0.6) is 0 Å². The van der Waals surface area contributed by atoms with Crippen molar-refractivity contribution < 1.29 is 9.59 Å². The number of carbonyl (C=O) groups excluding carboxylic acids is 2. The predicted octanol–water partition coefficient (Wildman–Crippen LogP) is 2.14. The van der Waals surface area contributed by atoms with E-state index in [1.807, 2.05) is 29.2 Å². The van der Waals surface area contributed by atoms with E-state index < -0.39 is 0 Å². The van der Waals surface area contributed by atoms with E-state index in [1.54, 1.807) is 24.3 Å². The zero-order chi connectivity index (χ0) is 18.1. The highest BCUT2D eigenvalue weighted by Gasteiger charge is 2.30. The topological polar surface area (TPSA) is 86.2 Å². The minimum Gasteiger partial charge on any atom is -0.326 e. The molecular weight excluding hydrogens is 330 g/mol. The molecule has 26 heavy (non-hydrogen) atoms. The Labute approximate surface area is 150 Å². The zero-order valence-electron chi connectivity index (χ0n) is 14.2. The molecule has 2 aromatic carbocycles. The molecule has 7 heteroatoms. The number of guanidine groups is 1. The molecule has 0 saturated carbocycles. The lowest BCUT2D eigenvalue weighted by atomic mass is 10.1. The number of anilines is 1. The molecule has 130 valence electrons. The first-order valence-electron chi connectivity index (χ1n) is 8.31. The van der Waals surface area contributed by atoms with Crippen LogP contribution in [0.1, 0.15) is 22.8 Å². The second-order valence-electron chi connectivity index (χ2n) is 6.03. The smallest absolute Gasteiger partial charge is 0.258 e. The fourth-order valence-electron chi connectivity index (χ4n) is 3.03. The minimum absolute atomic E-state index is 0.186. The molecule has 0 radical (unpaired) electrons. The van der Waals surface area contributed by atoms with Gasteiger partial charge in [-0.05, 0) is 30.3 Å². The summed E-state index contributed by atoms with van der Waals surface area (Å²) in [6.45, 7) is 2.76. The Morgan fingerprint density at radius 1 is 1.08 bits per heavy atom. The van der Waals surface area contributed by atoms with Gasteiger partial charge in [0.2, 0.25) is 11.9 Å². The molecule has 2 aliphatic heterocycles. The normalized spacial score (nSPS) is 14.7. The van der Waals surface area contributed by atoms with Crippen molar-refractivity contribution in [1.29, 1.82) is 0 Å². The summed E-state index contributed by atoms with van der Waals surface area (Å²) in [5, 5.41) is 5.55. The van der Waals surface area contributed by atoms with Gasteiger partial charge in [-0.1, -0.05) is 18.2 Å². The van der Waals surface area contributed by atoms with Crippen LogP contribution >= 0.6 is 0 Å². The van der Waals surface area contributed by atoms with Gasteiger partial charge in [0.05, 0.1) is 12.2 Å². The molecule has 0 fully saturated rings. The summed E-state index contributed by atoms with van der Waals surface area (Å²) >= 11 is 0. The summed E-state index contributed by atoms with van der Waals surface area (Å²) in [5.74, 6) is 0.822. The van der Waals surface area contributed by atoms with Gasteiger partial charge in [-0.15, -0.1) is 0 Å². The molecule has 0 bridgehead atoms. The van der Waals surface area contributed by atoms with Gasteiger partial charge < -0.3 is 5.32 Å². The number of rotatable bonds is 2. The Balaban J connectivity index is 1.61. The second kappa shape index (κ2) is 6.44. The third-order valence-electron chi connectivity index (χ3n) is 4.14. The molecule has 2 N–H and O–H groups in total. The number of hydrogen-bond acceptors (Lipinski definition) is 5. The number of benzene rings is 2. The molecule has 2 amide bonds. The van der Waals surface area contributed by atoms with Crippen LogP contribution in [-0.4, -0.2) is 41.6 Å². The number of aliphatic imine (C=N–C) groups is 2. The maximum Gasteiger partial charge on any atom is 0.258 e. The lowest BCUT2D eigenvalue weighted by molar-refractivity contribution is -0.114. The molecule has 0 spiro atoms. The van der Waals surface area contributed by atoms with E-state index in [0.29, 0.717) is 30.3 Å². The largest absolute Gasteiger partial charge is 0.326 e. The average molecular weight is 347 g/mol. The van der Waals surface area contributed by atoms with E-state index in [0.717, 1.165) is 17.1 Å². The number of hydrogen-bond donors (Lipinski definition) is 2. The van der Waals surface area contributed by atoms with E-state index in [9.17, 15) is 9.59 Å². The Hall–Kier alpha value is -3.48. The number of amides is 2. The monoisotopic (exact) mass is 347 g/mol. The Kier molecular flexibility index (Phi) is 3.96. The van der Waals surface area contributed by atoms with Crippen LogP contribution in [0.4, 0.5) is 11.4 Å². The molecule has 0 aliphatic carbocycles. The molecule has 4 rings (SSSR count). The molecule has 0 atom stereocenters. The number of para-hydroxylation sites is 1. The first-order valence-corrected chi connectivity index (χ1v) is 8.31. The fourth-order valence-corrected chi connectivity index (χ4v) is 3.03. The highest BCUT2D eigenvalue weighted by molar-refractivity contribution is 6.19. The molecule has 0 saturated heterocycles.